The summed E-state index contributed by atoms with van der Waals surface area (Å²) in [6.07, 6.45) is 4.19. The molecule has 0 aliphatic carbocycles. The Hall–Kier alpha value is -0.0800. The lowest BCUT2D eigenvalue weighted by atomic mass is 9.91. The van der Waals surface area contributed by atoms with Gasteiger partial charge in [0.25, 0.3) is 0 Å². The lowest BCUT2D eigenvalue weighted by Gasteiger charge is -2.29. The van der Waals surface area contributed by atoms with E-state index in [1.54, 1.807) is 7.11 Å². The summed E-state index contributed by atoms with van der Waals surface area (Å²) in [6, 6.07) is 0.684. The number of nitrogens with one attached hydrogen (secondary N) is 1. The zero-order chi connectivity index (χ0) is 8.97. The van der Waals surface area contributed by atoms with E-state index in [1.807, 2.05) is 0 Å². The van der Waals surface area contributed by atoms with E-state index in [0.29, 0.717) is 12.1 Å². The lowest BCUT2D eigenvalue weighted by molar-refractivity contribution is 0.0934. The van der Waals surface area contributed by atoms with Crippen LogP contribution in [-0.2, 0) is 4.74 Å². The van der Waals surface area contributed by atoms with Gasteiger partial charge in [0, 0.05) is 13.2 Å². The normalized spacial score (nSPS) is 33.2. The van der Waals surface area contributed by atoms with Gasteiger partial charge in [-0.2, -0.15) is 0 Å². The quantitative estimate of drug-likeness (QED) is 0.699. The van der Waals surface area contributed by atoms with Gasteiger partial charge in [-0.3, -0.25) is 0 Å². The first-order valence-corrected chi connectivity index (χ1v) is 4.98. The van der Waals surface area contributed by atoms with E-state index in [-0.39, 0.29) is 0 Å². The average molecular weight is 171 g/mol. The molecule has 1 heterocycles. The van der Waals surface area contributed by atoms with Crippen molar-refractivity contribution >= 4 is 0 Å². The molecule has 1 aliphatic rings. The van der Waals surface area contributed by atoms with E-state index in [9.17, 15) is 0 Å². The van der Waals surface area contributed by atoms with Gasteiger partial charge in [0.2, 0.25) is 0 Å². The maximum absolute atomic E-state index is 5.25. The minimum atomic E-state index is 0.396. The molecule has 1 N–H and O–H groups in total. The van der Waals surface area contributed by atoms with E-state index in [1.165, 1.54) is 19.4 Å². The molecule has 1 rings (SSSR count). The molecule has 0 radical (unpaired) electrons. The highest BCUT2D eigenvalue weighted by Crippen LogP contribution is 2.18. The molecule has 72 valence electrons. The number of ether oxygens (including phenoxy) is 1. The van der Waals surface area contributed by atoms with Crippen LogP contribution in [0.4, 0.5) is 0 Å². The van der Waals surface area contributed by atoms with E-state index in [0.717, 1.165) is 12.3 Å². The van der Waals surface area contributed by atoms with Gasteiger partial charge in [-0.05, 0) is 38.6 Å². The summed E-state index contributed by atoms with van der Waals surface area (Å²) in [5.74, 6) is 0.889. The Labute approximate surface area is 75.7 Å². The second-order valence-corrected chi connectivity index (χ2v) is 4.06. The van der Waals surface area contributed by atoms with Crippen LogP contribution in [0.3, 0.4) is 0 Å². The van der Waals surface area contributed by atoms with Crippen molar-refractivity contribution in [3.8, 4) is 0 Å². The number of piperidine rings is 1. The summed E-state index contributed by atoms with van der Waals surface area (Å²) in [4.78, 5) is 0. The molecule has 2 nitrogen and oxygen atoms in total. The van der Waals surface area contributed by atoms with Crippen molar-refractivity contribution in [2.24, 2.45) is 5.92 Å². The zero-order valence-corrected chi connectivity index (χ0v) is 8.47. The highest BCUT2D eigenvalue weighted by molar-refractivity contribution is 4.77. The Morgan fingerprint density at radius 3 is 2.92 bits per heavy atom. The van der Waals surface area contributed by atoms with Crippen LogP contribution in [0.25, 0.3) is 0 Å². The molecule has 1 fully saturated rings. The van der Waals surface area contributed by atoms with Crippen LogP contribution in [0.2, 0.25) is 0 Å². The summed E-state index contributed by atoms with van der Waals surface area (Å²) < 4.78 is 5.25. The molecule has 0 aromatic rings. The average Bonchev–Trinajstić information content (AvgIpc) is 2.04. The predicted molar refractivity (Wildman–Crippen MR) is 51.3 cm³/mol. The van der Waals surface area contributed by atoms with E-state index in [2.05, 4.69) is 19.2 Å². The van der Waals surface area contributed by atoms with Crippen LogP contribution in [0.1, 0.15) is 33.1 Å². The Kier molecular flexibility index (Phi) is 4.02. The first-order chi connectivity index (χ1) is 5.72. The van der Waals surface area contributed by atoms with Crippen molar-refractivity contribution in [2.45, 2.75) is 45.3 Å². The van der Waals surface area contributed by atoms with Gasteiger partial charge >= 0.3 is 0 Å². The summed E-state index contributed by atoms with van der Waals surface area (Å²) in [5, 5.41) is 3.53. The molecule has 3 unspecified atom stereocenters. The van der Waals surface area contributed by atoms with Crippen LogP contribution in [0, 0.1) is 5.92 Å². The van der Waals surface area contributed by atoms with Crippen LogP contribution in [0.15, 0.2) is 0 Å². The van der Waals surface area contributed by atoms with Crippen molar-refractivity contribution in [3.05, 3.63) is 0 Å². The molecule has 12 heavy (non-hydrogen) atoms. The molecule has 3 atom stereocenters. The monoisotopic (exact) mass is 171 g/mol. The highest BCUT2D eigenvalue weighted by atomic mass is 16.5. The molecule has 0 spiro atoms. The number of hydrogen-bond donors (Lipinski definition) is 1. The molecule has 0 amide bonds. The topological polar surface area (TPSA) is 21.3 Å². The molecular weight excluding hydrogens is 150 g/mol. The maximum atomic E-state index is 5.25. The molecule has 0 saturated carbocycles. The molecule has 0 bridgehead atoms. The second-order valence-electron chi connectivity index (χ2n) is 4.06. The number of rotatable bonds is 3. The Balaban J connectivity index is 2.22. The first-order valence-electron chi connectivity index (χ1n) is 4.98. The van der Waals surface area contributed by atoms with Gasteiger partial charge in [0.1, 0.15) is 0 Å². The largest absolute Gasteiger partial charge is 0.382 e. The van der Waals surface area contributed by atoms with Crippen molar-refractivity contribution in [1.82, 2.24) is 5.32 Å². The summed E-state index contributed by atoms with van der Waals surface area (Å²) in [6.45, 7) is 5.66. The fraction of sp³-hybridized carbons (Fsp3) is 1.00. The van der Waals surface area contributed by atoms with Crippen LogP contribution in [-0.4, -0.2) is 25.8 Å². The van der Waals surface area contributed by atoms with Crippen molar-refractivity contribution in [2.75, 3.05) is 13.7 Å². The van der Waals surface area contributed by atoms with Crippen molar-refractivity contribution in [1.29, 1.82) is 0 Å². The smallest absolute Gasteiger partial charge is 0.0558 e. The Morgan fingerprint density at radius 1 is 1.58 bits per heavy atom. The predicted octanol–water partition coefficient (Wildman–Crippen LogP) is 1.80. The minimum Gasteiger partial charge on any atom is -0.382 e. The fourth-order valence-electron chi connectivity index (χ4n) is 1.90. The van der Waals surface area contributed by atoms with E-state index in [4.69, 9.17) is 4.74 Å². The molecule has 0 aromatic heterocycles. The van der Waals surface area contributed by atoms with Crippen LogP contribution < -0.4 is 5.32 Å². The molecule has 1 saturated heterocycles. The third kappa shape index (κ3) is 3.11. The van der Waals surface area contributed by atoms with Crippen molar-refractivity contribution in [3.63, 3.8) is 0 Å². The van der Waals surface area contributed by atoms with Gasteiger partial charge < -0.3 is 10.1 Å². The molecular formula is C10H21NO. The third-order valence-corrected chi connectivity index (χ3v) is 2.78. The fourth-order valence-corrected chi connectivity index (χ4v) is 1.90. The minimum absolute atomic E-state index is 0.396. The molecule has 2 heteroatoms. The SMILES string of the molecule is COC(C)CC1CC(C)CCN1. The van der Waals surface area contributed by atoms with Gasteiger partial charge in [0.05, 0.1) is 6.10 Å². The lowest BCUT2D eigenvalue weighted by Crippen LogP contribution is -2.39. The highest BCUT2D eigenvalue weighted by Gasteiger charge is 2.19. The molecule has 0 aromatic carbocycles. The van der Waals surface area contributed by atoms with Gasteiger partial charge in [-0.1, -0.05) is 6.92 Å². The third-order valence-electron chi connectivity index (χ3n) is 2.78. The van der Waals surface area contributed by atoms with E-state index < -0.39 is 0 Å². The zero-order valence-electron chi connectivity index (χ0n) is 8.47. The van der Waals surface area contributed by atoms with Gasteiger partial charge in [0.15, 0.2) is 0 Å². The summed E-state index contributed by atoms with van der Waals surface area (Å²) in [5.41, 5.74) is 0. The van der Waals surface area contributed by atoms with Gasteiger partial charge in [-0.25, -0.2) is 0 Å². The number of hydrogen-bond acceptors (Lipinski definition) is 2. The van der Waals surface area contributed by atoms with Crippen molar-refractivity contribution < 1.29 is 4.74 Å². The van der Waals surface area contributed by atoms with Gasteiger partial charge in [-0.15, -0.1) is 0 Å². The first kappa shape index (κ1) is 10.0. The Morgan fingerprint density at radius 2 is 2.33 bits per heavy atom. The summed E-state index contributed by atoms with van der Waals surface area (Å²) >= 11 is 0. The molecule has 1 aliphatic heterocycles. The van der Waals surface area contributed by atoms with Crippen LogP contribution in [0.5, 0.6) is 0 Å². The maximum Gasteiger partial charge on any atom is 0.0558 e. The number of methoxy groups -OCH3 is 1. The Bertz CT molecular complexity index is 127. The van der Waals surface area contributed by atoms with E-state index >= 15 is 0 Å². The van der Waals surface area contributed by atoms with Crippen LogP contribution >= 0.6 is 0 Å². The second kappa shape index (κ2) is 4.83. The summed E-state index contributed by atoms with van der Waals surface area (Å²) in [7, 11) is 1.79. The standard InChI is InChI=1S/C10H21NO/c1-8-4-5-11-10(6-8)7-9(2)12-3/h8-11H,4-7H2,1-3H3.